The molecule has 0 saturated heterocycles. The molecule has 0 amide bonds. The first-order valence-corrected chi connectivity index (χ1v) is 5.95. The first-order chi connectivity index (χ1) is 7.92. The Labute approximate surface area is 97.0 Å². The predicted molar refractivity (Wildman–Crippen MR) is 62.3 cm³/mol. The van der Waals surface area contributed by atoms with Crippen molar-refractivity contribution < 1.29 is 4.74 Å². The van der Waals surface area contributed by atoms with Gasteiger partial charge in [-0.25, -0.2) is 15.0 Å². The van der Waals surface area contributed by atoms with Crippen molar-refractivity contribution in [3.8, 4) is 0 Å². The van der Waals surface area contributed by atoms with Crippen molar-refractivity contribution in [3.63, 3.8) is 0 Å². The summed E-state index contributed by atoms with van der Waals surface area (Å²) in [5, 5.41) is 0.902. The Bertz CT molecular complexity index is 446. The third-order valence-corrected chi connectivity index (χ3v) is 2.87. The van der Waals surface area contributed by atoms with Gasteiger partial charge in [0.25, 0.3) is 0 Å². The van der Waals surface area contributed by atoms with E-state index in [1.807, 2.05) is 0 Å². The number of nitrogens with one attached hydrogen (secondary N) is 1. The molecule has 3 N–H and O–H groups in total. The van der Waals surface area contributed by atoms with Crippen LogP contribution in [0.1, 0.15) is 0 Å². The third-order valence-electron chi connectivity index (χ3n) is 1.92. The number of hydrogen-bond acceptors (Lipinski definition) is 6. The van der Waals surface area contributed by atoms with Crippen LogP contribution in [0.25, 0.3) is 11.2 Å². The molecule has 2 aromatic heterocycles. The molecule has 2 rings (SSSR count). The quantitative estimate of drug-likeness (QED) is 0.431. The zero-order valence-corrected chi connectivity index (χ0v) is 9.54. The fourth-order valence-corrected chi connectivity index (χ4v) is 2.05. The van der Waals surface area contributed by atoms with Crippen LogP contribution in [0.3, 0.4) is 0 Å². The van der Waals surface area contributed by atoms with Crippen LogP contribution in [-0.2, 0) is 4.74 Å². The average molecular weight is 239 g/mol. The molecule has 0 unspecified atom stereocenters. The van der Waals surface area contributed by atoms with Crippen molar-refractivity contribution in [1.82, 2.24) is 19.9 Å². The summed E-state index contributed by atoms with van der Waals surface area (Å²) in [4.78, 5) is 15.3. The fraction of sp³-hybridized carbons (Fsp3) is 0.444. The number of nitrogens with two attached hydrogens (primary N) is 1. The monoisotopic (exact) mass is 239 g/mol. The minimum absolute atomic E-state index is 0.558. The van der Waals surface area contributed by atoms with E-state index in [1.165, 1.54) is 6.33 Å². The molecule has 0 aliphatic carbocycles. The Balaban J connectivity index is 1.91. The maximum Gasteiger partial charge on any atom is 0.181 e. The molecule has 0 aromatic carbocycles. The molecule has 2 aromatic rings. The van der Waals surface area contributed by atoms with Crippen LogP contribution in [0.4, 0.5) is 0 Å². The maximum absolute atomic E-state index is 5.32. The second-order valence-electron chi connectivity index (χ2n) is 3.03. The van der Waals surface area contributed by atoms with Crippen LogP contribution >= 0.6 is 11.8 Å². The number of hydrogen-bond donors (Lipinski definition) is 2. The molecule has 86 valence electrons. The number of ether oxygens (including phenoxy) is 1. The summed E-state index contributed by atoms with van der Waals surface area (Å²) >= 11 is 1.62. The van der Waals surface area contributed by atoms with Crippen LogP contribution in [-0.4, -0.2) is 45.4 Å². The van der Waals surface area contributed by atoms with Crippen LogP contribution in [0.2, 0.25) is 0 Å². The number of aromatic nitrogens is 4. The zero-order valence-electron chi connectivity index (χ0n) is 8.72. The Morgan fingerprint density at radius 1 is 1.31 bits per heavy atom. The Morgan fingerprint density at radius 2 is 2.25 bits per heavy atom. The molecule has 16 heavy (non-hydrogen) atoms. The SMILES string of the molecule is NCCOCCSc1ncnc2nc[nH]c12. The highest BCUT2D eigenvalue weighted by Gasteiger charge is 2.05. The van der Waals surface area contributed by atoms with Crippen LogP contribution in [0, 0.1) is 0 Å². The molecule has 7 heteroatoms. The predicted octanol–water partition coefficient (Wildman–Crippen LogP) is 0.420. The maximum atomic E-state index is 5.32. The van der Waals surface area contributed by atoms with Gasteiger partial charge in [0.1, 0.15) is 16.9 Å². The first-order valence-electron chi connectivity index (χ1n) is 4.96. The zero-order chi connectivity index (χ0) is 11.2. The molecule has 2 heterocycles. The molecule has 0 fully saturated rings. The minimum Gasteiger partial charge on any atom is -0.379 e. The molecule has 0 aliphatic rings. The lowest BCUT2D eigenvalue weighted by Gasteiger charge is -2.02. The minimum atomic E-state index is 0.558. The summed E-state index contributed by atoms with van der Waals surface area (Å²) in [6, 6.07) is 0. The number of aromatic amines is 1. The lowest BCUT2D eigenvalue weighted by atomic mass is 10.6. The molecule has 0 bridgehead atoms. The van der Waals surface area contributed by atoms with E-state index in [0.29, 0.717) is 25.4 Å². The van der Waals surface area contributed by atoms with Crippen molar-refractivity contribution in [2.24, 2.45) is 5.73 Å². The van der Waals surface area contributed by atoms with E-state index in [9.17, 15) is 0 Å². The highest BCUT2D eigenvalue weighted by Crippen LogP contribution is 2.21. The number of fused-ring (bicyclic) bond motifs is 1. The molecular formula is C9H13N5OS. The Morgan fingerprint density at radius 3 is 3.12 bits per heavy atom. The Kier molecular flexibility index (Phi) is 4.09. The van der Waals surface area contributed by atoms with Crippen LogP contribution in [0.15, 0.2) is 17.7 Å². The van der Waals surface area contributed by atoms with Gasteiger partial charge in [-0.15, -0.1) is 11.8 Å². The largest absolute Gasteiger partial charge is 0.379 e. The summed E-state index contributed by atoms with van der Waals surface area (Å²) in [6.45, 7) is 1.83. The van der Waals surface area contributed by atoms with Crippen molar-refractivity contribution in [1.29, 1.82) is 0 Å². The van der Waals surface area contributed by atoms with E-state index in [-0.39, 0.29) is 0 Å². The van der Waals surface area contributed by atoms with Crippen molar-refractivity contribution in [3.05, 3.63) is 12.7 Å². The Hall–Kier alpha value is -1.18. The third kappa shape index (κ3) is 2.69. The topological polar surface area (TPSA) is 89.7 Å². The van der Waals surface area contributed by atoms with E-state index >= 15 is 0 Å². The standard InChI is InChI=1S/C9H13N5OS/c10-1-2-15-3-4-16-9-7-8(12-5-11-7)13-6-14-9/h5-6H,1-4,10H2,(H,11,12,13,14). The van der Waals surface area contributed by atoms with Crippen molar-refractivity contribution in [2.45, 2.75) is 5.03 Å². The van der Waals surface area contributed by atoms with Gasteiger partial charge in [0.05, 0.1) is 19.5 Å². The van der Waals surface area contributed by atoms with Gasteiger partial charge in [0.15, 0.2) is 5.65 Å². The molecular weight excluding hydrogens is 226 g/mol. The van der Waals surface area contributed by atoms with E-state index in [2.05, 4.69) is 19.9 Å². The molecule has 0 spiro atoms. The van der Waals surface area contributed by atoms with E-state index in [1.54, 1.807) is 18.1 Å². The second kappa shape index (κ2) is 5.78. The van der Waals surface area contributed by atoms with Crippen LogP contribution < -0.4 is 5.73 Å². The summed E-state index contributed by atoms with van der Waals surface area (Å²) in [5.41, 5.74) is 6.89. The number of nitrogens with zero attached hydrogens (tertiary/aromatic N) is 3. The normalized spacial score (nSPS) is 11.1. The summed E-state index contributed by atoms with van der Waals surface area (Å²) < 4.78 is 5.28. The first kappa shape index (κ1) is 11.3. The van der Waals surface area contributed by atoms with E-state index in [0.717, 1.165) is 16.3 Å². The van der Waals surface area contributed by atoms with Crippen molar-refractivity contribution >= 4 is 22.9 Å². The number of H-pyrrole nitrogens is 1. The smallest absolute Gasteiger partial charge is 0.181 e. The summed E-state index contributed by atoms with van der Waals surface area (Å²) in [5.74, 6) is 0.838. The van der Waals surface area contributed by atoms with Gasteiger partial charge < -0.3 is 15.5 Å². The highest BCUT2D eigenvalue weighted by atomic mass is 32.2. The lowest BCUT2D eigenvalue weighted by Crippen LogP contribution is -2.09. The fourth-order valence-electron chi connectivity index (χ4n) is 1.23. The van der Waals surface area contributed by atoms with E-state index in [4.69, 9.17) is 10.5 Å². The summed E-state index contributed by atoms with van der Waals surface area (Å²) in [6.07, 6.45) is 3.14. The van der Waals surface area contributed by atoms with Gasteiger partial charge in [-0.2, -0.15) is 0 Å². The van der Waals surface area contributed by atoms with Crippen molar-refractivity contribution in [2.75, 3.05) is 25.5 Å². The number of rotatable bonds is 6. The molecule has 0 atom stereocenters. The highest BCUT2D eigenvalue weighted by molar-refractivity contribution is 7.99. The van der Waals surface area contributed by atoms with Gasteiger partial charge in [0, 0.05) is 12.3 Å². The molecule has 0 radical (unpaired) electrons. The summed E-state index contributed by atoms with van der Waals surface area (Å²) in [7, 11) is 0. The number of imidazole rings is 1. The molecule has 0 saturated carbocycles. The van der Waals surface area contributed by atoms with Gasteiger partial charge >= 0.3 is 0 Å². The lowest BCUT2D eigenvalue weighted by molar-refractivity contribution is 0.158. The number of thioether (sulfide) groups is 1. The average Bonchev–Trinajstić information content (AvgIpc) is 2.77. The van der Waals surface area contributed by atoms with E-state index < -0.39 is 0 Å². The molecule has 6 nitrogen and oxygen atoms in total. The molecule has 0 aliphatic heterocycles. The second-order valence-corrected chi connectivity index (χ2v) is 4.11. The van der Waals surface area contributed by atoms with Gasteiger partial charge in [0.2, 0.25) is 0 Å². The van der Waals surface area contributed by atoms with Gasteiger partial charge in [-0.1, -0.05) is 0 Å². The van der Waals surface area contributed by atoms with Gasteiger partial charge in [-0.05, 0) is 0 Å². The van der Waals surface area contributed by atoms with Gasteiger partial charge in [-0.3, -0.25) is 0 Å². The van der Waals surface area contributed by atoms with Crippen LogP contribution in [0.5, 0.6) is 0 Å².